The number of rotatable bonds is 7. The first-order valence-electron chi connectivity index (χ1n) is 6.91. The Labute approximate surface area is 104 Å². The summed E-state index contributed by atoms with van der Waals surface area (Å²) >= 11 is 0. The fourth-order valence-corrected chi connectivity index (χ4v) is 2.29. The summed E-state index contributed by atoms with van der Waals surface area (Å²) in [4.78, 5) is 14.1. The minimum Gasteiger partial charge on any atom is -0.391 e. The van der Waals surface area contributed by atoms with Crippen molar-refractivity contribution in [2.24, 2.45) is 0 Å². The van der Waals surface area contributed by atoms with Crippen LogP contribution in [0.4, 0.5) is 0 Å². The van der Waals surface area contributed by atoms with Crippen LogP contribution in [0.2, 0.25) is 0 Å². The lowest BCUT2D eigenvalue weighted by molar-refractivity contribution is -0.135. The summed E-state index contributed by atoms with van der Waals surface area (Å²) < 4.78 is 0. The lowest BCUT2D eigenvalue weighted by atomic mass is 10.1. The van der Waals surface area contributed by atoms with Gasteiger partial charge in [-0.25, -0.2) is 0 Å². The first kappa shape index (κ1) is 14.5. The quantitative estimate of drug-likeness (QED) is 0.658. The van der Waals surface area contributed by atoms with E-state index >= 15 is 0 Å². The van der Waals surface area contributed by atoms with Crippen LogP contribution in [0, 0.1) is 0 Å². The van der Waals surface area contributed by atoms with Gasteiger partial charge in [-0.1, -0.05) is 26.7 Å². The third kappa shape index (κ3) is 4.28. The highest BCUT2D eigenvalue weighted by molar-refractivity contribution is 5.82. The van der Waals surface area contributed by atoms with Gasteiger partial charge < -0.3 is 15.3 Å². The molecule has 2 atom stereocenters. The maximum atomic E-state index is 12.2. The molecule has 17 heavy (non-hydrogen) atoms. The van der Waals surface area contributed by atoms with Crippen molar-refractivity contribution in [2.45, 2.75) is 58.1 Å². The molecule has 1 aliphatic heterocycles. The largest absolute Gasteiger partial charge is 0.391 e. The molecule has 0 saturated carbocycles. The lowest BCUT2D eigenvalue weighted by Crippen LogP contribution is -2.48. The molecule has 4 nitrogen and oxygen atoms in total. The van der Waals surface area contributed by atoms with Crippen LogP contribution in [0.1, 0.15) is 46.0 Å². The van der Waals surface area contributed by atoms with Crippen molar-refractivity contribution in [3.63, 3.8) is 0 Å². The van der Waals surface area contributed by atoms with Crippen LogP contribution in [0.25, 0.3) is 0 Å². The van der Waals surface area contributed by atoms with Crippen LogP contribution in [0.15, 0.2) is 0 Å². The van der Waals surface area contributed by atoms with Gasteiger partial charge in [-0.2, -0.15) is 0 Å². The van der Waals surface area contributed by atoms with Crippen LogP contribution in [0.5, 0.6) is 0 Å². The van der Waals surface area contributed by atoms with Gasteiger partial charge in [0.1, 0.15) is 6.04 Å². The van der Waals surface area contributed by atoms with E-state index in [1.165, 1.54) is 6.42 Å². The Kier molecular flexibility index (Phi) is 6.52. The number of hydrogen-bond acceptors (Lipinski definition) is 3. The lowest BCUT2D eigenvalue weighted by Gasteiger charge is -2.26. The van der Waals surface area contributed by atoms with E-state index in [9.17, 15) is 9.90 Å². The molecule has 0 aromatic carbocycles. The number of carbonyl (C=O) groups excluding carboxylic acids is 1. The summed E-state index contributed by atoms with van der Waals surface area (Å²) in [5.41, 5.74) is 0. The second kappa shape index (κ2) is 7.67. The second-order valence-electron chi connectivity index (χ2n) is 4.82. The normalized spacial score (nSPS) is 23.9. The summed E-state index contributed by atoms with van der Waals surface area (Å²) in [5.74, 6) is 0.0768. The van der Waals surface area contributed by atoms with E-state index in [0.717, 1.165) is 38.9 Å². The number of hydrogen-bond donors (Lipinski definition) is 2. The molecule has 0 aliphatic carbocycles. The van der Waals surface area contributed by atoms with Crippen LogP contribution in [0.3, 0.4) is 0 Å². The molecular formula is C13H26N2O2. The van der Waals surface area contributed by atoms with E-state index in [1.54, 1.807) is 0 Å². The molecule has 0 aromatic heterocycles. The smallest absolute Gasteiger partial charge is 0.242 e. The van der Waals surface area contributed by atoms with Crippen LogP contribution in [-0.2, 0) is 4.79 Å². The number of aliphatic hydroxyl groups excluding tert-OH is 1. The van der Waals surface area contributed by atoms with E-state index in [1.807, 2.05) is 4.90 Å². The van der Waals surface area contributed by atoms with E-state index in [2.05, 4.69) is 19.2 Å². The molecule has 0 spiro atoms. The van der Waals surface area contributed by atoms with Gasteiger partial charge in [0.25, 0.3) is 0 Å². The summed E-state index contributed by atoms with van der Waals surface area (Å²) in [7, 11) is 0. The molecule has 100 valence electrons. The predicted molar refractivity (Wildman–Crippen MR) is 68.8 cm³/mol. The van der Waals surface area contributed by atoms with Crippen LogP contribution >= 0.6 is 0 Å². The second-order valence-corrected chi connectivity index (χ2v) is 4.82. The SMILES string of the molecule is CCCCCN(CCC)C(=O)[C@H]1NCCC1O. The molecular weight excluding hydrogens is 216 g/mol. The third-order valence-corrected chi connectivity index (χ3v) is 3.29. The number of nitrogens with zero attached hydrogens (tertiary/aromatic N) is 1. The predicted octanol–water partition coefficient (Wildman–Crippen LogP) is 1.14. The first-order valence-corrected chi connectivity index (χ1v) is 6.91. The molecule has 1 rings (SSSR count). The molecule has 1 saturated heterocycles. The van der Waals surface area contributed by atoms with Crippen molar-refractivity contribution in [3.8, 4) is 0 Å². The number of unbranched alkanes of at least 4 members (excludes halogenated alkanes) is 2. The molecule has 0 radical (unpaired) electrons. The van der Waals surface area contributed by atoms with Gasteiger partial charge in [-0.05, 0) is 25.8 Å². The van der Waals surface area contributed by atoms with E-state index in [-0.39, 0.29) is 11.9 Å². The Morgan fingerprint density at radius 2 is 2.06 bits per heavy atom. The number of nitrogens with one attached hydrogen (secondary N) is 1. The Morgan fingerprint density at radius 3 is 2.59 bits per heavy atom. The topological polar surface area (TPSA) is 52.6 Å². The number of aliphatic hydroxyl groups is 1. The summed E-state index contributed by atoms with van der Waals surface area (Å²) in [6, 6.07) is -0.372. The zero-order chi connectivity index (χ0) is 12.7. The zero-order valence-corrected chi connectivity index (χ0v) is 11.1. The van der Waals surface area contributed by atoms with Gasteiger partial charge in [-0.3, -0.25) is 4.79 Å². The Balaban J connectivity index is 2.47. The number of amides is 1. The van der Waals surface area contributed by atoms with Crippen LogP contribution < -0.4 is 5.32 Å². The highest BCUT2D eigenvalue weighted by Crippen LogP contribution is 2.11. The third-order valence-electron chi connectivity index (χ3n) is 3.29. The van der Waals surface area contributed by atoms with Crippen molar-refractivity contribution in [1.29, 1.82) is 0 Å². The van der Waals surface area contributed by atoms with Gasteiger partial charge in [0.15, 0.2) is 0 Å². The highest BCUT2D eigenvalue weighted by atomic mass is 16.3. The fraction of sp³-hybridized carbons (Fsp3) is 0.923. The van der Waals surface area contributed by atoms with Gasteiger partial charge in [0, 0.05) is 13.1 Å². The molecule has 1 unspecified atom stereocenters. The summed E-state index contributed by atoms with van der Waals surface area (Å²) in [5, 5.41) is 12.8. The van der Waals surface area contributed by atoms with Crippen molar-refractivity contribution < 1.29 is 9.90 Å². The maximum Gasteiger partial charge on any atom is 0.242 e. The van der Waals surface area contributed by atoms with E-state index in [4.69, 9.17) is 0 Å². The van der Waals surface area contributed by atoms with Gasteiger partial charge in [-0.15, -0.1) is 0 Å². The van der Waals surface area contributed by atoms with Crippen LogP contribution in [-0.4, -0.2) is 47.7 Å². The minimum absolute atomic E-state index is 0.0768. The van der Waals surface area contributed by atoms with Crippen molar-refractivity contribution >= 4 is 5.91 Å². The zero-order valence-electron chi connectivity index (χ0n) is 11.1. The minimum atomic E-state index is -0.506. The molecule has 1 aliphatic rings. The Hall–Kier alpha value is -0.610. The average molecular weight is 242 g/mol. The number of carbonyl (C=O) groups is 1. The Morgan fingerprint density at radius 1 is 1.29 bits per heavy atom. The molecule has 0 bridgehead atoms. The van der Waals surface area contributed by atoms with Crippen molar-refractivity contribution in [1.82, 2.24) is 10.2 Å². The van der Waals surface area contributed by atoms with Gasteiger partial charge in [0.2, 0.25) is 5.91 Å². The van der Waals surface area contributed by atoms with Gasteiger partial charge in [0.05, 0.1) is 6.10 Å². The summed E-state index contributed by atoms with van der Waals surface area (Å²) in [6.07, 6.45) is 4.54. The average Bonchev–Trinajstić information content (AvgIpc) is 2.74. The van der Waals surface area contributed by atoms with E-state index in [0.29, 0.717) is 6.42 Å². The maximum absolute atomic E-state index is 12.2. The Bertz CT molecular complexity index is 233. The first-order chi connectivity index (χ1) is 8.20. The summed E-state index contributed by atoms with van der Waals surface area (Å²) in [6.45, 7) is 6.61. The highest BCUT2D eigenvalue weighted by Gasteiger charge is 2.33. The molecule has 1 fully saturated rings. The molecule has 2 N–H and O–H groups in total. The fourth-order valence-electron chi connectivity index (χ4n) is 2.29. The standard InChI is InChI=1S/C13H26N2O2/c1-3-5-6-10-15(9-4-2)13(17)12-11(16)7-8-14-12/h11-12,14,16H,3-10H2,1-2H3/t11?,12-/m0/s1. The monoisotopic (exact) mass is 242 g/mol. The molecule has 4 heteroatoms. The van der Waals surface area contributed by atoms with Crippen molar-refractivity contribution in [3.05, 3.63) is 0 Å². The van der Waals surface area contributed by atoms with Gasteiger partial charge >= 0.3 is 0 Å². The van der Waals surface area contributed by atoms with Crippen molar-refractivity contribution in [2.75, 3.05) is 19.6 Å². The molecule has 1 amide bonds. The van der Waals surface area contributed by atoms with E-state index < -0.39 is 6.10 Å². The molecule has 1 heterocycles. The molecule has 0 aromatic rings.